The summed E-state index contributed by atoms with van der Waals surface area (Å²) >= 11 is -1.87. The average Bonchev–Trinajstić information content (AvgIpc) is 1.36. The number of rotatable bonds is 1. The van der Waals surface area contributed by atoms with E-state index in [2.05, 4.69) is 0 Å². The van der Waals surface area contributed by atoms with Crippen molar-refractivity contribution in [3.05, 3.63) is 0 Å². The van der Waals surface area contributed by atoms with E-state index in [1.54, 1.807) is 13.8 Å². The molecule has 1 unspecified atom stereocenters. The molecule has 2 nitrogen and oxygen atoms in total. The molecule has 0 radical (unpaired) electrons. The fourth-order valence-corrected chi connectivity index (χ4v) is 0. The van der Waals surface area contributed by atoms with Crippen LogP contribution >= 0.6 is 0 Å². The molecule has 0 saturated carbocycles. The van der Waals surface area contributed by atoms with Crippen molar-refractivity contribution in [3.8, 4) is 0 Å². The molecule has 46 valence electrons. The molecule has 1 atom stereocenters. The predicted octanol–water partition coefficient (Wildman–Crippen LogP) is 0.274. The van der Waals surface area contributed by atoms with E-state index in [-0.39, 0.29) is 43.0 Å². The summed E-state index contributed by atoms with van der Waals surface area (Å²) in [6.07, 6.45) is 0. The van der Waals surface area contributed by atoms with Crippen LogP contribution in [-0.4, -0.2) is 14.0 Å². The standard InChI is InChI=1S/C3H8O2S.Ar/c1-3(2)6(4)5;/h3H,1-2H3,(H,4,5);/p-1. The van der Waals surface area contributed by atoms with Crippen molar-refractivity contribution >= 4 is 11.1 Å². The molecule has 0 saturated heterocycles. The van der Waals surface area contributed by atoms with Crippen LogP contribution in [0.1, 0.15) is 13.8 Å². The zero-order chi connectivity index (χ0) is 5.15. The molecule has 0 aliphatic carbocycles. The fraction of sp³-hybridized carbons (Fsp3) is 1.00. The summed E-state index contributed by atoms with van der Waals surface area (Å²) in [4.78, 5) is 0. The van der Waals surface area contributed by atoms with Gasteiger partial charge in [-0.2, -0.15) is 0 Å². The first-order chi connectivity index (χ1) is 2.64. The largest absolute Gasteiger partial charge is 0.772 e. The summed E-state index contributed by atoms with van der Waals surface area (Å²) in [7, 11) is 0. The number of hydrogen-bond donors (Lipinski definition) is 0. The molecule has 7 heavy (non-hydrogen) atoms. The summed E-state index contributed by atoms with van der Waals surface area (Å²) in [5.41, 5.74) is 0. The van der Waals surface area contributed by atoms with Crippen LogP contribution in [0.4, 0.5) is 0 Å². The van der Waals surface area contributed by atoms with E-state index in [9.17, 15) is 8.76 Å². The molecule has 0 bridgehead atoms. The van der Waals surface area contributed by atoms with Gasteiger partial charge in [0.15, 0.2) is 0 Å². The molecule has 0 aromatic heterocycles. The topological polar surface area (TPSA) is 40.1 Å². The molecule has 0 spiro atoms. The maximum absolute atomic E-state index is 9.70. The molecule has 0 aromatic carbocycles. The van der Waals surface area contributed by atoms with Gasteiger partial charge in [0.05, 0.1) is 0 Å². The van der Waals surface area contributed by atoms with Gasteiger partial charge in [-0.1, -0.05) is 24.9 Å². The van der Waals surface area contributed by atoms with Gasteiger partial charge in [-0.15, -0.1) is 0 Å². The van der Waals surface area contributed by atoms with Crippen molar-refractivity contribution in [1.82, 2.24) is 0 Å². The van der Waals surface area contributed by atoms with Crippen LogP contribution in [0.3, 0.4) is 0 Å². The second-order valence-electron chi connectivity index (χ2n) is 1.31. The van der Waals surface area contributed by atoms with E-state index in [1.807, 2.05) is 0 Å². The zero-order valence-electron chi connectivity index (χ0n) is 4.16. The first kappa shape index (κ1) is 11.2. The van der Waals surface area contributed by atoms with Crippen molar-refractivity contribution in [2.45, 2.75) is 19.1 Å². The third-order valence-corrected chi connectivity index (χ3v) is 1.15. The molecule has 4 heteroatoms. The van der Waals surface area contributed by atoms with Crippen LogP contribution in [-0.2, 0) is 11.1 Å². The smallest absolute Gasteiger partial charge is 0.0159 e. The minimum atomic E-state index is -1.87. The van der Waals surface area contributed by atoms with Gasteiger partial charge in [0.25, 0.3) is 0 Å². The Morgan fingerprint density at radius 3 is 1.71 bits per heavy atom. The minimum Gasteiger partial charge on any atom is -0.772 e. The Bertz CT molecular complexity index is 64.0. The Morgan fingerprint density at radius 1 is 1.57 bits per heavy atom. The third-order valence-electron chi connectivity index (χ3n) is 0.385. The van der Waals surface area contributed by atoms with Gasteiger partial charge in [0.1, 0.15) is 0 Å². The number of hydrogen-bond acceptors (Lipinski definition) is 2. The van der Waals surface area contributed by atoms with Crippen LogP contribution in [0.25, 0.3) is 0 Å². The Labute approximate surface area is 76.0 Å². The quantitative estimate of drug-likeness (QED) is 0.499. The maximum Gasteiger partial charge on any atom is 0.0159 e. The maximum atomic E-state index is 9.70. The first-order valence-electron chi connectivity index (χ1n) is 1.72. The van der Waals surface area contributed by atoms with Crippen LogP contribution < -0.4 is 0 Å². The molecule has 0 aromatic rings. The summed E-state index contributed by atoms with van der Waals surface area (Å²) in [5, 5.41) is -0.231. The Kier molecular flexibility index (Phi) is 8.81. The van der Waals surface area contributed by atoms with Crippen molar-refractivity contribution in [2.75, 3.05) is 0 Å². The second kappa shape index (κ2) is 5.51. The molecule has 0 rings (SSSR count). The molecular weight excluding hydrogens is 140 g/mol. The molecule has 0 aliphatic rings. The van der Waals surface area contributed by atoms with Crippen molar-refractivity contribution in [1.29, 1.82) is 0 Å². The summed E-state index contributed by atoms with van der Waals surface area (Å²) in [5.74, 6) is 0. The SMILES string of the molecule is CC(C)S(=O)[O-].[Ar]. The van der Waals surface area contributed by atoms with Crippen LogP contribution in [0.2, 0.25) is 0 Å². The van der Waals surface area contributed by atoms with Gasteiger partial charge in [-0.3, -0.25) is 4.21 Å². The Balaban J connectivity index is 0. The Morgan fingerprint density at radius 2 is 1.71 bits per heavy atom. The van der Waals surface area contributed by atoms with Crippen LogP contribution in [0.15, 0.2) is 0 Å². The fourth-order valence-electron chi connectivity index (χ4n) is 0. The average molecular weight is 147 g/mol. The molecular formula is C3H7ArO2S-. The van der Waals surface area contributed by atoms with E-state index in [0.717, 1.165) is 0 Å². The van der Waals surface area contributed by atoms with Gasteiger partial charge < -0.3 is 4.55 Å². The van der Waals surface area contributed by atoms with E-state index < -0.39 is 11.1 Å². The van der Waals surface area contributed by atoms with E-state index in [4.69, 9.17) is 0 Å². The van der Waals surface area contributed by atoms with Crippen LogP contribution in [0.5, 0.6) is 0 Å². The van der Waals surface area contributed by atoms with Gasteiger partial charge in [-0.25, -0.2) is 0 Å². The first-order valence-corrected chi connectivity index (χ1v) is 2.86. The molecule has 0 heterocycles. The van der Waals surface area contributed by atoms with Gasteiger partial charge in [0.2, 0.25) is 0 Å². The summed E-state index contributed by atoms with van der Waals surface area (Å²) < 4.78 is 19.4. The molecule has 0 amide bonds. The Hall–Kier alpha value is 1.37. The minimum absolute atomic E-state index is 0. The third kappa shape index (κ3) is 7.37. The molecule has 0 aliphatic heterocycles. The van der Waals surface area contributed by atoms with E-state index in [0.29, 0.717) is 0 Å². The summed E-state index contributed by atoms with van der Waals surface area (Å²) in [6.45, 7) is 3.26. The monoisotopic (exact) mass is 147 g/mol. The molecule has 0 fully saturated rings. The normalized spacial score (nSPS) is 13.1. The van der Waals surface area contributed by atoms with Crippen molar-refractivity contribution in [3.63, 3.8) is 0 Å². The van der Waals surface area contributed by atoms with Gasteiger partial charge >= 0.3 is 0 Å². The van der Waals surface area contributed by atoms with Gasteiger partial charge in [0, 0.05) is 43.0 Å². The van der Waals surface area contributed by atoms with Crippen molar-refractivity contribution < 1.29 is 46.5 Å². The second-order valence-corrected chi connectivity index (χ2v) is 2.77. The van der Waals surface area contributed by atoms with E-state index >= 15 is 0 Å². The molecule has 0 N–H and O–H groups in total. The summed E-state index contributed by atoms with van der Waals surface area (Å²) in [6, 6.07) is 0. The van der Waals surface area contributed by atoms with E-state index in [1.165, 1.54) is 0 Å². The zero-order valence-corrected chi connectivity index (χ0v) is 5.68. The van der Waals surface area contributed by atoms with Crippen molar-refractivity contribution in [2.24, 2.45) is 0 Å². The predicted molar refractivity (Wildman–Crippen MR) is 24.1 cm³/mol. The van der Waals surface area contributed by atoms with Crippen LogP contribution in [0, 0.1) is 37.7 Å². The van der Waals surface area contributed by atoms with Gasteiger partial charge in [-0.05, 0) is 0 Å².